The molecule has 0 bridgehead atoms. The predicted octanol–water partition coefficient (Wildman–Crippen LogP) is 1.89. The number of ketones is 1. The topological polar surface area (TPSA) is 52.2 Å². The molecule has 3 nitrogen and oxygen atoms in total. The number of benzene rings is 1. The highest BCUT2D eigenvalue weighted by atomic mass is 32.2. The lowest BCUT2D eigenvalue weighted by molar-refractivity contribution is -0.120. The van der Waals surface area contributed by atoms with Crippen LogP contribution in [-0.4, -0.2) is 28.7 Å². The molecule has 1 rings (SSSR count). The van der Waals surface area contributed by atoms with Crippen LogP contribution in [0.25, 0.3) is 0 Å². The molecule has 0 heterocycles. The Kier molecular flexibility index (Phi) is 7.01. The normalized spacial score (nSPS) is 14.2. The zero-order valence-electron chi connectivity index (χ0n) is 11.0. The Morgan fingerprint density at radius 3 is 2.56 bits per heavy atom. The van der Waals surface area contributed by atoms with Crippen LogP contribution in [0.15, 0.2) is 30.3 Å². The van der Waals surface area contributed by atoms with Gasteiger partial charge in [-0.05, 0) is 17.7 Å². The maximum atomic E-state index is 12.0. The van der Waals surface area contributed by atoms with Crippen molar-refractivity contribution >= 4 is 17.0 Å². The van der Waals surface area contributed by atoms with Crippen LogP contribution in [-0.2, 0) is 21.7 Å². The molecular formula is C14H21NO2S. The lowest BCUT2D eigenvalue weighted by atomic mass is 10.2. The van der Waals surface area contributed by atoms with E-state index in [9.17, 15) is 9.35 Å². The first-order valence-electron chi connectivity index (χ1n) is 6.32. The molecular weight excluding hydrogens is 246 g/mol. The minimum atomic E-state index is -1.01. The van der Waals surface area contributed by atoms with Crippen molar-refractivity contribution in [2.75, 3.05) is 12.3 Å². The zero-order chi connectivity index (χ0) is 13.4. The van der Waals surface area contributed by atoms with Gasteiger partial charge in [-0.15, -0.1) is 0 Å². The van der Waals surface area contributed by atoms with Crippen LogP contribution < -0.4 is 5.32 Å². The maximum Gasteiger partial charge on any atom is 0.154 e. The van der Waals surface area contributed by atoms with E-state index in [0.717, 1.165) is 12.1 Å². The molecule has 1 aromatic rings. The van der Waals surface area contributed by atoms with Crippen molar-refractivity contribution in [3.05, 3.63) is 35.9 Å². The van der Waals surface area contributed by atoms with Crippen molar-refractivity contribution in [3.8, 4) is 0 Å². The first kappa shape index (κ1) is 15.2. The van der Waals surface area contributed by atoms with Crippen LogP contribution in [0, 0.1) is 0 Å². The maximum absolute atomic E-state index is 12.0. The molecule has 4 heteroatoms. The van der Waals surface area contributed by atoms with Gasteiger partial charge in [-0.3, -0.25) is 4.79 Å². The first-order valence-corrected chi connectivity index (χ1v) is 7.81. The molecule has 18 heavy (non-hydrogen) atoms. The summed E-state index contributed by atoms with van der Waals surface area (Å²) in [6.45, 7) is 4.52. The van der Waals surface area contributed by atoms with Crippen LogP contribution in [0.1, 0.15) is 25.8 Å². The van der Waals surface area contributed by atoms with Crippen LogP contribution in [0.3, 0.4) is 0 Å². The molecule has 1 N–H and O–H groups in total. The summed E-state index contributed by atoms with van der Waals surface area (Å²) in [5.74, 6) is 1.05. The van der Waals surface area contributed by atoms with Crippen LogP contribution in [0.5, 0.6) is 0 Å². The van der Waals surface area contributed by atoms with E-state index in [0.29, 0.717) is 17.9 Å². The second-order valence-corrected chi connectivity index (χ2v) is 5.67. The molecule has 0 aliphatic heterocycles. The first-order chi connectivity index (χ1) is 8.67. The Morgan fingerprint density at radius 2 is 2.00 bits per heavy atom. The average molecular weight is 267 g/mol. The molecule has 0 spiro atoms. The molecule has 0 saturated heterocycles. The number of carbonyl (C=O) groups is 1. The van der Waals surface area contributed by atoms with Gasteiger partial charge >= 0.3 is 0 Å². The van der Waals surface area contributed by atoms with E-state index < -0.39 is 11.2 Å². The van der Waals surface area contributed by atoms with Gasteiger partial charge in [-0.25, -0.2) is 0 Å². The van der Waals surface area contributed by atoms with Gasteiger partial charge in [0.1, 0.15) is 17.5 Å². The summed E-state index contributed by atoms with van der Waals surface area (Å²) in [4.78, 5) is 11.7. The van der Waals surface area contributed by atoms with E-state index in [1.165, 1.54) is 0 Å². The molecule has 0 aromatic heterocycles. The van der Waals surface area contributed by atoms with E-state index in [1.807, 2.05) is 44.2 Å². The molecule has 100 valence electrons. The van der Waals surface area contributed by atoms with Gasteiger partial charge in [-0.1, -0.05) is 44.2 Å². The third-order valence-corrected chi connectivity index (χ3v) is 4.07. The van der Waals surface area contributed by atoms with Crippen molar-refractivity contribution in [2.45, 2.75) is 32.1 Å². The average Bonchev–Trinajstić information content (AvgIpc) is 2.38. The summed E-state index contributed by atoms with van der Waals surface area (Å²) < 4.78 is 12.0. The minimum absolute atomic E-state index is 0.137. The van der Waals surface area contributed by atoms with Gasteiger partial charge < -0.3 is 9.87 Å². The fraction of sp³-hybridized carbons (Fsp3) is 0.500. The van der Waals surface area contributed by atoms with Gasteiger partial charge in [0.2, 0.25) is 0 Å². The van der Waals surface area contributed by atoms with Crippen molar-refractivity contribution in [1.29, 1.82) is 0 Å². The Labute approximate surface area is 112 Å². The third-order valence-electron chi connectivity index (χ3n) is 2.71. The second kappa shape index (κ2) is 8.29. The van der Waals surface area contributed by atoms with Gasteiger partial charge in [0.05, 0.1) is 0 Å². The summed E-state index contributed by atoms with van der Waals surface area (Å²) in [6.07, 6.45) is 0.486. The Balaban J connectivity index is 2.50. The number of nitrogens with one attached hydrogen (secondary N) is 1. The third kappa shape index (κ3) is 5.21. The minimum Gasteiger partial charge on any atom is -0.616 e. The molecule has 0 radical (unpaired) electrons. The van der Waals surface area contributed by atoms with E-state index >= 15 is 0 Å². The van der Waals surface area contributed by atoms with Crippen molar-refractivity contribution in [3.63, 3.8) is 0 Å². The number of Topliss-reactive ketones (excluding diaryl/α,β-unsaturated/α-hetero) is 1. The van der Waals surface area contributed by atoms with Gasteiger partial charge in [0.25, 0.3) is 0 Å². The number of likely N-dealkylation sites (N-methyl/N-ethyl adjacent to an activating group) is 1. The van der Waals surface area contributed by atoms with Crippen molar-refractivity contribution in [2.24, 2.45) is 0 Å². The molecule has 0 saturated carbocycles. The number of carbonyl (C=O) groups excluding carboxylic acids is 1. The number of rotatable bonds is 8. The standard InChI is InChI=1S/C14H21NO2S/c1-3-14(16)13(15-4-2)11-18(17)10-12-8-6-5-7-9-12/h5-9,13,15H,3-4,10-11H2,1-2H3. The quantitative estimate of drug-likeness (QED) is 0.732. The molecule has 1 aromatic carbocycles. The van der Waals surface area contributed by atoms with Gasteiger partial charge in [0, 0.05) is 12.0 Å². The molecule has 0 aliphatic carbocycles. The van der Waals surface area contributed by atoms with Crippen LogP contribution in [0.2, 0.25) is 0 Å². The van der Waals surface area contributed by atoms with Gasteiger partial charge in [0.15, 0.2) is 5.78 Å². The highest BCUT2D eigenvalue weighted by Crippen LogP contribution is 2.08. The lowest BCUT2D eigenvalue weighted by Crippen LogP contribution is -2.42. The fourth-order valence-electron chi connectivity index (χ4n) is 1.76. The number of hydrogen-bond acceptors (Lipinski definition) is 3. The molecule has 0 amide bonds. The van der Waals surface area contributed by atoms with Crippen molar-refractivity contribution < 1.29 is 9.35 Å². The highest BCUT2D eigenvalue weighted by molar-refractivity contribution is 7.90. The summed E-state index contributed by atoms with van der Waals surface area (Å²) in [7, 11) is 0. The van der Waals surface area contributed by atoms with Crippen LogP contribution >= 0.6 is 0 Å². The smallest absolute Gasteiger partial charge is 0.154 e. The molecule has 0 fully saturated rings. The second-order valence-electron chi connectivity index (χ2n) is 4.17. The van der Waals surface area contributed by atoms with E-state index in [1.54, 1.807) is 0 Å². The molecule has 2 unspecified atom stereocenters. The SMILES string of the molecule is CCNC(C[S+]([O-])Cc1ccccc1)C(=O)CC. The van der Waals surface area contributed by atoms with E-state index in [2.05, 4.69) is 5.32 Å². The Bertz CT molecular complexity index is 356. The monoisotopic (exact) mass is 267 g/mol. The lowest BCUT2D eigenvalue weighted by Gasteiger charge is -2.18. The van der Waals surface area contributed by atoms with Crippen LogP contribution in [0.4, 0.5) is 0 Å². The Hall–Kier alpha value is -0.840. The highest BCUT2D eigenvalue weighted by Gasteiger charge is 2.22. The van der Waals surface area contributed by atoms with Gasteiger partial charge in [-0.2, -0.15) is 0 Å². The fourth-order valence-corrected chi connectivity index (χ4v) is 3.12. The predicted molar refractivity (Wildman–Crippen MR) is 75.9 cm³/mol. The largest absolute Gasteiger partial charge is 0.616 e. The Morgan fingerprint density at radius 1 is 1.33 bits per heavy atom. The summed E-state index contributed by atoms with van der Waals surface area (Å²) >= 11 is -1.01. The van der Waals surface area contributed by atoms with E-state index in [4.69, 9.17) is 0 Å². The summed E-state index contributed by atoms with van der Waals surface area (Å²) in [6, 6.07) is 9.46. The molecule has 2 atom stereocenters. The summed E-state index contributed by atoms with van der Waals surface area (Å²) in [5, 5.41) is 3.11. The van der Waals surface area contributed by atoms with Crippen molar-refractivity contribution in [1.82, 2.24) is 5.32 Å². The van der Waals surface area contributed by atoms with E-state index in [-0.39, 0.29) is 11.8 Å². The zero-order valence-corrected chi connectivity index (χ0v) is 11.8. The number of hydrogen-bond donors (Lipinski definition) is 1. The summed E-state index contributed by atoms with van der Waals surface area (Å²) in [5.41, 5.74) is 1.05. The molecule has 0 aliphatic rings.